The normalized spacial score (nSPS) is 16.9. The molecular formula is C14H20FNO. The number of ether oxygens (including phenoxy) is 1. The number of benzene rings is 1. The van der Waals surface area contributed by atoms with Crippen molar-refractivity contribution in [2.24, 2.45) is 0 Å². The fourth-order valence-electron chi connectivity index (χ4n) is 1.65. The molecule has 1 aliphatic carbocycles. The van der Waals surface area contributed by atoms with Crippen LogP contribution in [-0.2, 0) is 6.54 Å². The molecule has 17 heavy (non-hydrogen) atoms. The highest BCUT2D eigenvalue weighted by atomic mass is 19.1. The monoisotopic (exact) mass is 237 g/mol. The molecule has 2 rings (SSSR count). The highest BCUT2D eigenvalue weighted by molar-refractivity contribution is 5.35. The highest BCUT2D eigenvalue weighted by Crippen LogP contribution is 2.26. The van der Waals surface area contributed by atoms with Crippen molar-refractivity contribution in [1.29, 1.82) is 0 Å². The maximum Gasteiger partial charge on any atom is 0.165 e. The van der Waals surface area contributed by atoms with Gasteiger partial charge in [-0.1, -0.05) is 19.1 Å². The van der Waals surface area contributed by atoms with Crippen molar-refractivity contribution >= 4 is 0 Å². The van der Waals surface area contributed by atoms with E-state index in [4.69, 9.17) is 4.74 Å². The molecule has 1 aromatic rings. The van der Waals surface area contributed by atoms with Crippen molar-refractivity contribution in [3.05, 3.63) is 29.6 Å². The van der Waals surface area contributed by atoms with E-state index in [9.17, 15) is 4.39 Å². The minimum Gasteiger partial charge on any atom is -0.487 e. The van der Waals surface area contributed by atoms with Gasteiger partial charge in [-0.2, -0.15) is 0 Å². The second kappa shape index (κ2) is 5.50. The van der Waals surface area contributed by atoms with Crippen molar-refractivity contribution in [1.82, 2.24) is 5.32 Å². The van der Waals surface area contributed by atoms with Gasteiger partial charge in [0.1, 0.15) is 0 Å². The molecule has 1 aliphatic rings. The third-order valence-electron chi connectivity index (χ3n) is 3.10. The summed E-state index contributed by atoms with van der Waals surface area (Å²) in [4.78, 5) is 0. The highest BCUT2D eigenvalue weighted by Gasteiger charge is 2.21. The Morgan fingerprint density at radius 3 is 2.88 bits per heavy atom. The van der Waals surface area contributed by atoms with Crippen molar-refractivity contribution in [2.45, 2.75) is 51.8 Å². The van der Waals surface area contributed by atoms with Crippen molar-refractivity contribution in [3.63, 3.8) is 0 Å². The topological polar surface area (TPSA) is 21.3 Å². The van der Waals surface area contributed by atoms with Gasteiger partial charge in [-0.15, -0.1) is 0 Å². The van der Waals surface area contributed by atoms with E-state index < -0.39 is 0 Å². The predicted octanol–water partition coefficient (Wildman–Crippen LogP) is 3.26. The number of nitrogens with one attached hydrogen (secondary N) is 1. The summed E-state index contributed by atoms with van der Waals surface area (Å²) in [6.45, 7) is 4.69. The van der Waals surface area contributed by atoms with E-state index in [1.165, 1.54) is 18.9 Å². The van der Waals surface area contributed by atoms with Gasteiger partial charge in [0.15, 0.2) is 11.6 Å². The zero-order valence-electron chi connectivity index (χ0n) is 10.5. The Balaban J connectivity index is 2.08. The number of hydrogen-bond donors (Lipinski definition) is 1. The number of halogens is 1. The van der Waals surface area contributed by atoms with E-state index in [2.05, 4.69) is 5.32 Å². The Morgan fingerprint density at radius 2 is 2.24 bits per heavy atom. The number of para-hydroxylation sites is 1. The molecule has 1 aromatic carbocycles. The summed E-state index contributed by atoms with van der Waals surface area (Å²) >= 11 is 0. The van der Waals surface area contributed by atoms with E-state index in [-0.39, 0.29) is 11.9 Å². The number of rotatable bonds is 6. The van der Waals surface area contributed by atoms with Gasteiger partial charge in [0, 0.05) is 18.2 Å². The SMILES string of the molecule is CCC(C)Oc1c(F)cccc1CNC1CC1. The van der Waals surface area contributed by atoms with Gasteiger partial charge in [0.25, 0.3) is 0 Å². The molecule has 0 amide bonds. The first kappa shape index (κ1) is 12.4. The molecule has 1 atom stereocenters. The summed E-state index contributed by atoms with van der Waals surface area (Å²) in [5, 5.41) is 3.39. The molecule has 0 radical (unpaired) electrons. The average molecular weight is 237 g/mol. The van der Waals surface area contributed by atoms with Crippen molar-refractivity contribution in [3.8, 4) is 5.75 Å². The zero-order chi connectivity index (χ0) is 12.3. The molecule has 0 saturated heterocycles. The fourth-order valence-corrected chi connectivity index (χ4v) is 1.65. The molecule has 0 heterocycles. The second-order valence-corrected chi connectivity index (χ2v) is 4.72. The Hall–Kier alpha value is -1.09. The van der Waals surface area contributed by atoms with Crippen LogP contribution in [0.3, 0.4) is 0 Å². The lowest BCUT2D eigenvalue weighted by molar-refractivity contribution is 0.205. The first-order chi connectivity index (χ1) is 8.20. The summed E-state index contributed by atoms with van der Waals surface area (Å²) in [6.07, 6.45) is 3.39. The maximum atomic E-state index is 13.7. The van der Waals surface area contributed by atoms with Crippen LogP contribution in [0.25, 0.3) is 0 Å². The first-order valence-electron chi connectivity index (χ1n) is 6.38. The summed E-state index contributed by atoms with van der Waals surface area (Å²) < 4.78 is 19.4. The zero-order valence-corrected chi connectivity index (χ0v) is 10.5. The van der Waals surface area contributed by atoms with Crippen LogP contribution < -0.4 is 10.1 Å². The van der Waals surface area contributed by atoms with Crippen LogP contribution in [-0.4, -0.2) is 12.1 Å². The predicted molar refractivity (Wildman–Crippen MR) is 66.6 cm³/mol. The number of hydrogen-bond acceptors (Lipinski definition) is 2. The van der Waals surface area contributed by atoms with Crippen LogP contribution in [0.15, 0.2) is 18.2 Å². The maximum absolute atomic E-state index is 13.7. The smallest absolute Gasteiger partial charge is 0.165 e. The lowest BCUT2D eigenvalue weighted by Crippen LogP contribution is -2.18. The summed E-state index contributed by atoms with van der Waals surface area (Å²) in [7, 11) is 0. The van der Waals surface area contributed by atoms with Gasteiger partial charge >= 0.3 is 0 Å². The van der Waals surface area contributed by atoms with Gasteiger partial charge in [-0.3, -0.25) is 0 Å². The van der Waals surface area contributed by atoms with Crippen molar-refractivity contribution < 1.29 is 9.13 Å². The lowest BCUT2D eigenvalue weighted by Gasteiger charge is -2.17. The van der Waals surface area contributed by atoms with E-state index in [0.717, 1.165) is 12.0 Å². The molecule has 0 bridgehead atoms. The Morgan fingerprint density at radius 1 is 1.47 bits per heavy atom. The first-order valence-corrected chi connectivity index (χ1v) is 6.38. The van der Waals surface area contributed by atoms with Crippen LogP contribution in [0.4, 0.5) is 4.39 Å². The van der Waals surface area contributed by atoms with E-state index in [1.54, 1.807) is 6.07 Å². The fraction of sp³-hybridized carbons (Fsp3) is 0.571. The molecule has 0 aliphatic heterocycles. The minimum absolute atomic E-state index is 0.0478. The average Bonchev–Trinajstić information content (AvgIpc) is 3.13. The Kier molecular flexibility index (Phi) is 4.00. The van der Waals surface area contributed by atoms with Gasteiger partial charge in [-0.25, -0.2) is 4.39 Å². The quantitative estimate of drug-likeness (QED) is 0.820. The Labute approximate surface area is 102 Å². The molecule has 2 nitrogen and oxygen atoms in total. The summed E-state index contributed by atoms with van der Waals surface area (Å²) in [6, 6.07) is 5.74. The van der Waals surface area contributed by atoms with Crippen molar-refractivity contribution in [2.75, 3.05) is 0 Å². The largest absolute Gasteiger partial charge is 0.487 e. The summed E-state index contributed by atoms with van der Waals surface area (Å²) in [5.41, 5.74) is 0.914. The second-order valence-electron chi connectivity index (χ2n) is 4.72. The molecule has 0 spiro atoms. The van der Waals surface area contributed by atoms with E-state index in [1.807, 2.05) is 19.9 Å². The molecule has 94 valence electrons. The molecule has 3 heteroatoms. The van der Waals surface area contributed by atoms with E-state index >= 15 is 0 Å². The van der Waals surface area contributed by atoms with Crippen LogP contribution in [0.5, 0.6) is 5.75 Å². The van der Waals surface area contributed by atoms with E-state index in [0.29, 0.717) is 18.3 Å². The van der Waals surface area contributed by atoms with Crippen LogP contribution >= 0.6 is 0 Å². The molecule has 1 fully saturated rings. The van der Waals surface area contributed by atoms with Gasteiger partial charge in [-0.05, 0) is 32.3 Å². The molecule has 1 N–H and O–H groups in total. The van der Waals surface area contributed by atoms with Gasteiger partial charge < -0.3 is 10.1 Å². The van der Waals surface area contributed by atoms with Gasteiger partial charge in [0.05, 0.1) is 6.10 Å². The van der Waals surface area contributed by atoms with Gasteiger partial charge in [0.2, 0.25) is 0 Å². The Bertz CT molecular complexity index is 376. The third-order valence-corrected chi connectivity index (χ3v) is 3.10. The minimum atomic E-state index is -0.264. The van der Waals surface area contributed by atoms with Crippen LogP contribution in [0.2, 0.25) is 0 Å². The van der Waals surface area contributed by atoms with Crippen LogP contribution in [0, 0.1) is 5.82 Å². The third kappa shape index (κ3) is 3.43. The molecule has 0 aromatic heterocycles. The summed E-state index contributed by atoms with van der Waals surface area (Å²) in [5.74, 6) is 0.149. The molecule has 1 saturated carbocycles. The van der Waals surface area contributed by atoms with Crippen LogP contribution in [0.1, 0.15) is 38.7 Å². The standard InChI is InChI=1S/C14H20FNO/c1-3-10(2)17-14-11(5-4-6-13(14)15)9-16-12-7-8-12/h4-6,10,12,16H,3,7-9H2,1-2H3. The molecular weight excluding hydrogens is 217 g/mol. The molecule has 1 unspecified atom stereocenters. The lowest BCUT2D eigenvalue weighted by atomic mass is 10.2.